The van der Waals surface area contributed by atoms with Gasteiger partial charge in [-0.05, 0) is 13.3 Å². The van der Waals surface area contributed by atoms with Crippen molar-refractivity contribution in [1.29, 1.82) is 5.26 Å². The highest BCUT2D eigenvalue weighted by atomic mass is 32.2. The summed E-state index contributed by atoms with van der Waals surface area (Å²) < 4.78 is 30.3. The van der Waals surface area contributed by atoms with Crippen molar-refractivity contribution in [1.82, 2.24) is 9.88 Å². The summed E-state index contributed by atoms with van der Waals surface area (Å²) in [7, 11) is -3.61. The summed E-state index contributed by atoms with van der Waals surface area (Å²) in [6.45, 7) is 3.40. The first kappa shape index (κ1) is 12.7. The first-order valence-electron chi connectivity index (χ1n) is 4.80. The van der Waals surface area contributed by atoms with Crippen LogP contribution in [0.15, 0.2) is 10.6 Å². The zero-order valence-corrected chi connectivity index (χ0v) is 9.91. The maximum absolute atomic E-state index is 11.6. The predicted octanol–water partition coefficient (Wildman–Crippen LogP) is 0.705. The fraction of sp³-hybridized carbons (Fsp3) is 0.556. The van der Waals surface area contributed by atoms with Gasteiger partial charge >= 0.3 is 0 Å². The van der Waals surface area contributed by atoms with E-state index in [1.54, 1.807) is 26.0 Å². The molecular formula is C9H13N3O3S. The lowest BCUT2D eigenvalue weighted by Gasteiger charge is -2.08. The molecule has 0 aliphatic carbocycles. The smallest absolute Gasteiger partial charge is 0.228 e. The van der Waals surface area contributed by atoms with Crippen molar-refractivity contribution in [2.45, 2.75) is 32.1 Å². The number of nitrogens with zero attached hydrogens (tertiary/aromatic N) is 2. The lowest BCUT2D eigenvalue weighted by Crippen LogP contribution is -2.32. The van der Waals surface area contributed by atoms with E-state index in [1.165, 1.54) is 0 Å². The van der Waals surface area contributed by atoms with Crippen LogP contribution in [-0.4, -0.2) is 18.8 Å². The van der Waals surface area contributed by atoms with Crippen LogP contribution >= 0.6 is 0 Å². The molecular weight excluding hydrogens is 230 g/mol. The summed E-state index contributed by atoms with van der Waals surface area (Å²) in [6, 6.07) is 3.37. The number of aromatic nitrogens is 1. The third-order valence-corrected chi connectivity index (χ3v) is 3.75. The Morgan fingerprint density at radius 2 is 2.38 bits per heavy atom. The molecule has 7 heteroatoms. The van der Waals surface area contributed by atoms with Crippen molar-refractivity contribution >= 4 is 10.0 Å². The molecule has 0 aliphatic rings. The highest BCUT2D eigenvalue weighted by molar-refractivity contribution is 7.90. The monoisotopic (exact) mass is 243 g/mol. The van der Waals surface area contributed by atoms with E-state index in [2.05, 4.69) is 9.88 Å². The van der Waals surface area contributed by atoms with E-state index in [4.69, 9.17) is 9.78 Å². The normalized spacial score (nSPS) is 13.3. The Morgan fingerprint density at radius 3 is 2.81 bits per heavy atom. The largest absolute Gasteiger partial charge is 0.360 e. The van der Waals surface area contributed by atoms with Crippen molar-refractivity contribution in [2.75, 3.05) is 0 Å². The molecule has 0 saturated carbocycles. The van der Waals surface area contributed by atoms with Gasteiger partial charge in [-0.2, -0.15) is 5.26 Å². The molecule has 0 saturated heterocycles. The summed E-state index contributed by atoms with van der Waals surface area (Å²) in [6.07, 6.45) is 0.251. The summed E-state index contributed by atoms with van der Waals surface area (Å²) in [5, 5.41) is 11.3. The molecule has 0 spiro atoms. The standard InChI is InChI=1S/C9H13N3O3S/c1-3-9(5-10)16(13,14)11-6-8-4-7(2)12-15-8/h4,9,11H,3,6H2,1-2H3. The Kier molecular flexibility index (Phi) is 4.04. The molecule has 1 rings (SSSR count). The molecule has 6 nitrogen and oxygen atoms in total. The van der Waals surface area contributed by atoms with Gasteiger partial charge in [-0.3, -0.25) is 0 Å². The SMILES string of the molecule is CCC(C#N)S(=O)(=O)NCc1cc(C)no1. The lowest BCUT2D eigenvalue weighted by molar-refractivity contribution is 0.376. The Balaban J connectivity index is 2.65. The minimum atomic E-state index is -3.61. The molecule has 0 amide bonds. The average Bonchev–Trinajstić information content (AvgIpc) is 2.63. The molecule has 1 aromatic rings. The number of nitrogens with one attached hydrogen (secondary N) is 1. The fourth-order valence-corrected chi connectivity index (χ4v) is 2.27. The fourth-order valence-electron chi connectivity index (χ4n) is 1.15. The third-order valence-electron chi connectivity index (χ3n) is 2.01. The van der Waals surface area contributed by atoms with E-state index >= 15 is 0 Å². The molecule has 1 N–H and O–H groups in total. The van der Waals surface area contributed by atoms with Crippen LogP contribution in [0.4, 0.5) is 0 Å². The maximum Gasteiger partial charge on any atom is 0.228 e. The van der Waals surface area contributed by atoms with Crippen LogP contribution in [0, 0.1) is 18.3 Å². The van der Waals surface area contributed by atoms with Gasteiger partial charge in [0.05, 0.1) is 18.3 Å². The van der Waals surface area contributed by atoms with Crippen LogP contribution in [0.5, 0.6) is 0 Å². The van der Waals surface area contributed by atoms with E-state index < -0.39 is 15.3 Å². The van der Waals surface area contributed by atoms with Gasteiger partial charge in [0.2, 0.25) is 10.0 Å². The second kappa shape index (κ2) is 5.09. The summed E-state index contributed by atoms with van der Waals surface area (Å²) in [5.74, 6) is 0.425. The molecule has 88 valence electrons. The number of hydrogen-bond acceptors (Lipinski definition) is 5. The Bertz CT molecular complexity index is 486. The predicted molar refractivity (Wildman–Crippen MR) is 56.7 cm³/mol. The molecule has 0 aliphatic heterocycles. The van der Waals surface area contributed by atoms with Gasteiger partial charge < -0.3 is 4.52 Å². The van der Waals surface area contributed by atoms with Gasteiger partial charge in [-0.15, -0.1) is 0 Å². The van der Waals surface area contributed by atoms with E-state index in [1.807, 2.05) is 0 Å². The van der Waals surface area contributed by atoms with Crippen LogP contribution in [0.2, 0.25) is 0 Å². The van der Waals surface area contributed by atoms with Crippen molar-refractivity contribution < 1.29 is 12.9 Å². The average molecular weight is 243 g/mol. The first-order valence-corrected chi connectivity index (χ1v) is 6.34. The molecule has 0 bridgehead atoms. The van der Waals surface area contributed by atoms with Gasteiger partial charge in [0.15, 0.2) is 11.0 Å². The Morgan fingerprint density at radius 1 is 1.69 bits per heavy atom. The highest BCUT2D eigenvalue weighted by Gasteiger charge is 2.23. The van der Waals surface area contributed by atoms with Crippen LogP contribution in [0.25, 0.3) is 0 Å². The maximum atomic E-state index is 11.6. The number of sulfonamides is 1. The number of rotatable bonds is 5. The van der Waals surface area contributed by atoms with Crippen molar-refractivity contribution in [3.63, 3.8) is 0 Å². The van der Waals surface area contributed by atoms with Gasteiger partial charge in [-0.25, -0.2) is 13.1 Å². The van der Waals surface area contributed by atoms with Crippen molar-refractivity contribution in [3.8, 4) is 6.07 Å². The lowest BCUT2D eigenvalue weighted by atomic mass is 10.4. The van der Waals surface area contributed by atoms with Crippen LogP contribution in [0.3, 0.4) is 0 Å². The molecule has 1 atom stereocenters. The van der Waals surface area contributed by atoms with Crippen molar-refractivity contribution in [3.05, 3.63) is 17.5 Å². The highest BCUT2D eigenvalue weighted by Crippen LogP contribution is 2.06. The van der Waals surface area contributed by atoms with Crippen LogP contribution in [-0.2, 0) is 16.6 Å². The first-order chi connectivity index (χ1) is 7.49. The summed E-state index contributed by atoms with van der Waals surface area (Å²) in [4.78, 5) is 0. The molecule has 1 unspecified atom stereocenters. The molecule has 0 fully saturated rings. The number of nitriles is 1. The minimum absolute atomic E-state index is 0.0152. The minimum Gasteiger partial charge on any atom is -0.360 e. The summed E-state index contributed by atoms with van der Waals surface area (Å²) >= 11 is 0. The van der Waals surface area contributed by atoms with Crippen molar-refractivity contribution in [2.24, 2.45) is 0 Å². The molecule has 1 heterocycles. The van der Waals surface area contributed by atoms with E-state index in [9.17, 15) is 8.42 Å². The second-order valence-corrected chi connectivity index (χ2v) is 5.27. The zero-order valence-electron chi connectivity index (χ0n) is 9.10. The van der Waals surface area contributed by atoms with E-state index in [0.717, 1.165) is 0 Å². The Hall–Kier alpha value is -1.39. The van der Waals surface area contributed by atoms with Gasteiger partial charge in [0, 0.05) is 6.07 Å². The quantitative estimate of drug-likeness (QED) is 0.821. The van der Waals surface area contributed by atoms with Crippen LogP contribution in [0.1, 0.15) is 24.8 Å². The second-order valence-electron chi connectivity index (χ2n) is 3.33. The molecule has 0 aromatic carbocycles. The zero-order chi connectivity index (χ0) is 12.2. The van der Waals surface area contributed by atoms with Gasteiger partial charge in [0.1, 0.15) is 0 Å². The third kappa shape index (κ3) is 3.05. The Labute approximate surface area is 94.3 Å². The topological polar surface area (TPSA) is 96.0 Å². The molecule has 16 heavy (non-hydrogen) atoms. The number of aryl methyl sites for hydroxylation is 1. The van der Waals surface area contributed by atoms with Crippen LogP contribution < -0.4 is 4.72 Å². The number of hydrogen-bond donors (Lipinski definition) is 1. The van der Waals surface area contributed by atoms with E-state index in [-0.39, 0.29) is 13.0 Å². The van der Waals surface area contributed by atoms with Gasteiger partial charge in [-0.1, -0.05) is 12.1 Å². The molecule has 1 aromatic heterocycles. The molecule has 0 radical (unpaired) electrons. The van der Waals surface area contributed by atoms with E-state index in [0.29, 0.717) is 11.5 Å². The van der Waals surface area contributed by atoms with Gasteiger partial charge in [0.25, 0.3) is 0 Å². The summed E-state index contributed by atoms with van der Waals surface area (Å²) in [5.41, 5.74) is 0.682.